The average molecular weight is 280 g/mol. The van der Waals surface area contributed by atoms with E-state index in [9.17, 15) is 0 Å². The molecule has 3 N–H and O–H groups in total. The smallest absolute Gasteiger partial charge is 0.141 e. The first kappa shape index (κ1) is 13.2. The third-order valence-corrected chi connectivity index (χ3v) is 3.09. The largest absolute Gasteiger partial charge is 0.494 e. The normalized spacial score (nSPS) is 10.5. The van der Waals surface area contributed by atoms with Crippen molar-refractivity contribution in [2.45, 2.75) is 6.92 Å². The highest BCUT2D eigenvalue weighted by atomic mass is 16.5. The number of aromatic nitrogens is 2. The first-order valence-corrected chi connectivity index (χ1v) is 6.76. The molecule has 2 aromatic carbocycles. The van der Waals surface area contributed by atoms with Crippen molar-refractivity contribution in [3.63, 3.8) is 0 Å². The number of hydrogen-bond acceptors (Lipinski definition) is 5. The maximum absolute atomic E-state index is 5.84. The quantitative estimate of drug-likeness (QED) is 0.717. The van der Waals surface area contributed by atoms with E-state index >= 15 is 0 Å². The molecule has 0 aliphatic carbocycles. The Kier molecular flexibility index (Phi) is 3.55. The van der Waals surface area contributed by atoms with Crippen LogP contribution in [0.5, 0.6) is 5.75 Å². The molecule has 5 nitrogen and oxygen atoms in total. The van der Waals surface area contributed by atoms with Gasteiger partial charge in [0.2, 0.25) is 0 Å². The summed E-state index contributed by atoms with van der Waals surface area (Å²) >= 11 is 0. The Balaban J connectivity index is 1.92. The van der Waals surface area contributed by atoms with Crippen LogP contribution in [-0.2, 0) is 0 Å². The summed E-state index contributed by atoms with van der Waals surface area (Å²) in [5, 5.41) is 4.18. The first-order valence-electron chi connectivity index (χ1n) is 6.76. The van der Waals surface area contributed by atoms with E-state index in [0.29, 0.717) is 12.3 Å². The summed E-state index contributed by atoms with van der Waals surface area (Å²) < 4.78 is 5.43. The topological polar surface area (TPSA) is 73.1 Å². The highest BCUT2D eigenvalue weighted by Crippen LogP contribution is 2.25. The fourth-order valence-corrected chi connectivity index (χ4v) is 2.11. The van der Waals surface area contributed by atoms with Gasteiger partial charge in [0, 0.05) is 16.8 Å². The van der Waals surface area contributed by atoms with Crippen molar-refractivity contribution >= 4 is 28.1 Å². The highest BCUT2D eigenvalue weighted by molar-refractivity contribution is 5.92. The van der Waals surface area contributed by atoms with Gasteiger partial charge in [-0.05, 0) is 49.4 Å². The summed E-state index contributed by atoms with van der Waals surface area (Å²) in [6.07, 6.45) is 1.54. The molecule has 0 saturated heterocycles. The SMILES string of the molecule is CCOc1ccc(Nc2ncnc3ccc(N)cc23)cc1. The van der Waals surface area contributed by atoms with Crippen LogP contribution in [0.15, 0.2) is 48.8 Å². The molecule has 0 saturated carbocycles. The van der Waals surface area contributed by atoms with E-state index in [4.69, 9.17) is 10.5 Å². The van der Waals surface area contributed by atoms with Gasteiger partial charge in [-0.25, -0.2) is 9.97 Å². The molecular weight excluding hydrogens is 264 g/mol. The lowest BCUT2D eigenvalue weighted by molar-refractivity contribution is 0.340. The second-order valence-electron chi connectivity index (χ2n) is 4.58. The van der Waals surface area contributed by atoms with Crippen molar-refractivity contribution in [1.82, 2.24) is 9.97 Å². The number of rotatable bonds is 4. The molecule has 21 heavy (non-hydrogen) atoms. The molecule has 0 bridgehead atoms. The van der Waals surface area contributed by atoms with Crippen LogP contribution in [0.4, 0.5) is 17.2 Å². The zero-order chi connectivity index (χ0) is 14.7. The minimum absolute atomic E-state index is 0.655. The summed E-state index contributed by atoms with van der Waals surface area (Å²) in [7, 11) is 0. The van der Waals surface area contributed by atoms with Crippen molar-refractivity contribution in [3.05, 3.63) is 48.8 Å². The lowest BCUT2D eigenvalue weighted by atomic mass is 10.2. The van der Waals surface area contributed by atoms with Crippen LogP contribution in [0.1, 0.15) is 6.92 Å². The van der Waals surface area contributed by atoms with E-state index in [1.54, 1.807) is 0 Å². The number of nitrogens with two attached hydrogens (primary N) is 1. The molecule has 0 atom stereocenters. The van der Waals surface area contributed by atoms with E-state index in [0.717, 1.165) is 28.2 Å². The van der Waals surface area contributed by atoms with Crippen molar-refractivity contribution in [3.8, 4) is 5.75 Å². The Morgan fingerprint density at radius 1 is 1.10 bits per heavy atom. The van der Waals surface area contributed by atoms with Gasteiger partial charge in [0.1, 0.15) is 17.9 Å². The third-order valence-electron chi connectivity index (χ3n) is 3.09. The van der Waals surface area contributed by atoms with Gasteiger partial charge in [-0.3, -0.25) is 0 Å². The second kappa shape index (κ2) is 5.66. The van der Waals surface area contributed by atoms with Gasteiger partial charge in [-0.1, -0.05) is 0 Å². The molecule has 0 aliphatic heterocycles. The molecule has 5 heteroatoms. The van der Waals surface area contributed by atoms with Gasteiger partial charge in [-0.2, -0.15) is 0 Å². The number of benzene rings is 2. The van der Waals surface area contributed by atoms with Crippen molar-refractivity contribution in [2.24, 2.45) is 0 Å². The first-order chi connectivity index (χ1) is 10.3. The molecule has 0 amide bonds. The molecule has 1 heterocycles. The molecule has 0 unspecified atom stereocenters. The molecule has 0 fully saturated rings. The number of hydrogen-bond donors (Lipinski definition) is 2. The van der Waals surface area contributed by atoms with Crippen LogP contribution in [-0.4, -0.2) is 16.6 Å². The molecule has 0 radical (unpaired) electrons. The average Bonchev–Trinajstić information content (AvgIpc) is 2.50. The molecule has 0 spiro atoms. The summed E-state index contributed by atoms with van der Waals surface area (Å²) in [4.78, 5) is 8.53. The lowest BCUT2D eigenvalue weighted by Crippen LogP contribution is -1.97. The number of anilines is 3. The Morgan fingerprint density at radius 3 is 2.67 bits per heavy atom. The van der Waals surface area contributed by atoms with Gasteiger partial charge in [0.05, 0.1) is 12.1 Å². The number of ether oxygens (including phenoxy) is 1. The third kappa shape index (κ3) is 2.86. The van der Waals surface area contributed by atoms with Crippen molar-refractivity contribution < 1.29 is 4.74 Å². The summed E-state index contributed by atoms with van der Waals surface area (Å²) in [6, 6.07) is 13.3. The lowest BCUT2D eigenvalue weighted by Gasteiger charge is -2.09. The number of nitrogens with zero attached hydrogens (tertiary/aromatic N) is 2. The van der Waals surface area contributed by atoms with E-state index < -0.39 is 0 Å². The van der Waals surface area contributed by atoms with Gasteiger partial charge < -0.3 is 15.8 Å². The number of nitrogens with one attached hydrogen (secondary N) is 1. The Bertz CT molecular complexity index is 756. The minimum atomic E-state index is 0.655. The summed E-state index contributed by atoms with van der Waals surface area (Å²) in [6.45, 7) is 2.62. The van der Waals surface area contributed by atoms with Gasteiger partial charge in [0.15, 0.2) is 0 Å². The standard InChI is InChI=1S/C16H16N4O/c1-2-21-13-6-4-12(5-7-13)20-16-14-9-11(17)3-8-15(14)18-10-19-16/h3-10H,2,17H2,1H3,(H,18,19,20). The van der Waals surface area contributed by atoms with E-state index in [2.05, 4.69) is 15.3 Å². The molecular formula is C16H16N4O. The van der Waals surface area contributed by atoms with Crippen LogP contribution in [0.25, 0.3) is 10.9 Å². The van der Waals surface area contributed by atoms with E-state index in [1.807, 2.05) is 49.4 Å². The fourth-order valence-electron chi connectivity index (χ4n) is 2.11. The predicted molar refractivity (Wildman–Crippen MR) is 84.8 cm³/mol. The Morgan fingerprint density at radius 2 is 1.90 bits per heavy atom. The monoisotopic (exact) mass is 280 g/mol. The van der Waals surface area contributed by atoms with E-state index in [-0.39, 0.29) is 0 Å². The second-order valence-corrected chi connectivity index (χ2v) is 4.58. The van der Waals surface area contributed by atoms with Crippen LogP contribution in [0.2, 0.25) is 0 Å². The van der Waals surface area contributed by atoms with Gasteiger partial charge >= 0.3 is 0 Å². The van der Waals surface area contributed by atoms with Crippen LogP contribution >= 0.6 is 0 Å². The van der Waals surface area contributed by atoms with Crippen LogP contribution in [0.3, 0.4) is 0 Å². The maximum Gasteiger partial charge on any atom is 0.141 e. The highest BCUT2D eigenvalue weighted by Gasteiger charge is 2.04. The van der Waals surface area contributed by atoms with Crippen molar-refractivity contribution in [1.29, 1.82) is 0 Å². The zero-order valence-electron chi connectivity index (χ0n) is 11.7. The number of nitrogen functional groups attached to an aromatic ring is 1. The Hall–Kier alpha value is -2.82. The molecule has 3 aromatic rings. The Labute approximate surface area is 122 Å². The molecule has 1 aromatic heterocycles. The summed E-state index contributed by atoms with van der Waals surface area (Å²) in [5.74, 6) is 1.58. The maximum atomic E-state index is 5.84. The molecule has 106 valence electrons. The van der Waals surface area contributed by atoms with Crippen LogP contribution < -0.4 is 15.8 Å². The predicted octanol–water partition coefficient (Wildman–Crippen LogP) is 3.35. The number of fused-ring (bicyclic) bond motifs is 1. The zero-order valence-corrected chi connectivity index (χ0v) is 11.7. The molecule has 0 aliphatic rings. The minimum Gasteiger partial charge on any atom is -0.494 e. The van der Waals surface area contributed by atoms with Crippen molar-refractivity contribution in [2.75, 3.05) is 17.7 Å². The van der Waals surface area contributed by atoms with E-state index in [1.165, 1.54) is 6.33 Å². The summed E-state index contributed by atoms with van der Waals surface area (Å²) in [5.41, 5.74) is 8.31. The fraction of sp³-hybridized carbons (Fsp3) is 0.125. The van der Waals surface area contributed by atoms with Crippen LogP contribution in [0, 0.1) is 0 Å². The van der Waals surface area contributed by atoms with Gasteiger partial charge in [-0.15, -0.1) is 0 Å². The molecule has 3 rings (SSSR count). The van der Waals surface area contributed by atoms with Gasteiger partial charge in [0.25, 0.3) is 0 Å².